The molecule has 2 rings (SSSR count). The first kappa shape index (κ1) is 13.9. The van der Waals surface area contributed by atoms with Crippen LogP contribution in [0, 0.1) is 6.92 Å². The molecule has 0 amide bonds. The molecule has 0 saturated carbocycles. The first-order chi connectivity index (χ1) is 9.16. The highest BCUT2D eigenvalue weighted by Gasteiger charge is 2.12. The first-order valence-corrected chi connectivity index (χ1v) is 7.11. The van der Waals surface area contributed by atoms with E-state index in [1.165, 1.54) is 19.3 Å². The maximum atomic E-state index is 5.36. The molecular weight excluding hydrogens is 256 g/mol. The van der Waals surface area contributed by atoms with Crippen LogP contribution in [0.4, 0.5) is 0 Å². The Bertz CT molecular complexity index is 478. The lowest BCUT2D eigenvalue weighted by Gasteiger charge is -2.28. The second-order valence-electron chi connectivity index (χ2n) is 4.83. The number of aryl methyl sites for hydroxylation is 1. The van der Waals surface area contributed by atoms with Crippen molar-refractivity contribution in [2.45, 2.75) is 33.1 Å². The van der Waals surface area contributed by atoms with Crippen LogP contribution in [0.3, 0.4) is 0 Å². The summed E-state index contributed by atoms with van der Waals surface area (Å²) in [6, 6.07) is 5.92. The summed E-state index contributed by atoms with van der Waals surface area (Å²) >= 11 is 5.36. The van der Waals surface area contributed by atoms with Crippen molar-refractivity contribution in [2.75, 3.05) is 13.1 Å². The van der Waals surface area contributed by atoms with E-state index in [1.807, 2.05) is 32.0 Å². The topological polar surface area (TPSA) is 40.5 Å². The number of nitrogens with one attached hydrogen (secondary N) is 1. The minimum atomic E-state index is 0.715. The van der Waals surface area contributed by atoms with Crippen molar-refractivity contribution in [3.8, 4) is 0 Å². The van der Waals surface area contributed by atoms with E-state index >= 15 is 0 Å². The van der Waals surface area contributed by atoms with Crippen molar-refractivity contribution in [3.63, 3.8) is 0 Å². The van der Waals surface area contributed by atoms with Crippen molar-refractivity contribution in [3.05, 3.63) is 29.6 Å². The van der Waals surface area contributed by atoms with Crippen LogP contribution in [0.2, 0.25) is 0 Å². The molecule has 0 radical (unpaired) electrons. The molecule has 1 N–H and O–H groups in total. The van der Waals surface area contributed by atoms with Gasteiger partial charge in [0.25, 0.3) is 0 Å². The number of hydrogen-bond acceptors (Lipinski definition) is 3. The second kappa shape index (κ2) is 6.61. The third kappa shape index (κ3) is 3.99. The average molecular weight is 276 g/mol. The van der Waals surface area contributed by atoms with Crippen LogP contribution in [0.25, 0.3) is 0 Å². The summed E-state index contributed by atoms with van der Waals surface area (Å²) in [6.45, 7) is 5.97. The van der Waals surface area contributed by atoms with Gasteiger partial charge in [0.2, 0.25) is 0 Å². The highest BCUT2D eigenvalue weighted by Crippen LogP contribution is 2.08. The van der Waals surface area contributed by atoms with Gasteiger partial charge in [-0.25, -0.2) is 0 Å². The molecule has 0 aromatic carbocycles. The van der Waals surface area contributed by atoms with Gasteiger partial charge in [-0.05, 0) is 57.5 Å². The normalized spacial score (nSPS) is 16.3. The van der Waals surface area contributed by atoms with Crippen LogP contribution in [0.5, 0.6) is 0 Å². The van der Waals surface area contributed by atoms with Gasteiger partial charge in [-0.15, -0.1) is 0 Å². The molecule has 1 aliphatic heterocycles. The van der Waals surface area contributed by atoms with Crippen LogP contribution >= 0.6 is 12.2 Å². The Hall–Kier alpha value is -1.49. The molecule has 0 aliphatic carbocycles. The summed E-state index contributed by atoms with van der Waals surface area (Å²) in [7, 11) is 0. The molecule has 0 bridgehead atoms. The van der Waals surface area contributed by atoms with E-state index in [0.29, 0.717) is 5.11 Å². The molecule has 1 aliphatic rings. The predicted octanol–water partition coefficient (Wildman–Crippen LogP) is 2.47. The Morgan fingerprint density at radius 3 is 2.74 bits per heavy atom. The van der Waals surface area contributed by atoms with E-state index in [2.05, 4.69) is 20.4 Å². The Labute approximate surface area is 119 Å². The monoisotopic (exact) mass is 276 g/mol. The average Bonchev–Trinajstić information content (AvgIpc) is 2.45. The van der Waals surface area contributed by atoms with Crippen LogP contribution < -0.4 is 5.43 Å². The number of hydrogen-bond donors (Lipinski definition) is 1. The van der Waals surface area contributed by atoms with Crippen molar-refractivity contribution in [1.82, 2.24) is 15.3 Å². The Balaban J connectivity index is 1.95. The number of likely N-dealkylation sites (tertiary alicyclic amines) is 1. The maximum absolute atomic E-state index is 5.36. The van der Waals surface area contributed by atoms with Gasteiger partial charge >= 0.3 is 0 Å². The SMILES string of the molecule is C/C(=N\NC(=S)N1CCCCC1)c1cccc(C)n1. The Morgan fingerprint density at radius 1 is 1.32 bits per heavy atom. The third-order valence-electron chi connectivity index (χ3n) is 3.22. The van der Waals surface area contributed by atoms with Crippen LogP contribution in [0.15, 0.2) is 23.3 Å². The number of thiocarbonyl (C=S) groups is 1. The lowest BCUT2D eigenvalue weighted by atomic mass is 10.1. The lowest BCUT2D eigenvalue weighted by molar-refractivity contribution is 0.338. The highest BCUT2D eigenvalue weighted by molar-refractivity contribution is 7.80. The summed E-state index contributed by atoms with van der Waals surface area (Å²) in [5, 5.41) is 5.05. The van der Waals surface area contributed by atoms with Gasteiger partial charge < -0.3 is 4.90 Å². The summed E-state index contributed by atoms with van der Waals surface area (Å²) < 4.78 is 0. The van der Waals surface area contributed by atoms with Crippen LogP contribution in [0.1, 0.15) is 37.6 Å². The molecule has 0 unspecified atom stereocenters. The van der Waals surface area contributed by atoms with Gasteiger partial charge in [-0.3, -0.25) is 10.4 Å². The summed E-state index contributed by atoms with van der Waals surface area (Å²) in [6.07, 6.45) is 3.72. The van der Waals surface area contributed by atoms with Crippen molar-refractivity contribution >= 4 is 23.0 Å². The zero-order valence-electron chi connectivity index (χ0n) is 11.5. The quantitative estimate of drug-likeness (QED) is 0.512. The van der Waals surface area contributed by atoms with Crippen LogP contribution in [-0.2, 0) is 0 Å². The van der Waals surface area contributed by atoms with Gasteiger partial charge in [-0.1, -0.05) is 6.07 Å². The number of rotatable bonds is 2. The molecule has 4 nitrogen and oxygen atoms in total. The Kier molecular flexibility index (Phi) is 4.85. The fraction of sp³-hybridized carbons (Fsp3) is 0.500. The lowest BCUT2D eigenvalue weighted by Crippen LogP contribution is -2.41. The minimum absolute atomic E-state index is 0.715. The van der Waals surface area contributed by atoms with Gasteiger partial charge in [-0.2, -0.15) is 5.10 Å². The molecule has 0 spiro atoms. The van der Waals surface area contributed by atoms with Gasteiger partial charge in [0.15, 0.2) is 5.11 Å². The van der Waals surface area contributed by atoms with Crippen molar-refractivity contribution < 1.29 is 0 Å². The second-order valence-corrected chi connectivity index (χ2v) is 5.21. The van der Waals surface area contributed by atoms with E-state index in [9.17, 15) is 0 Å². The van der Waals surface area contributed by atoms with E-state index in [-0.39, 0.29) is 0 Å². The Morgan fingerprint density at radius 2 is 2.05 bits per heavy atom. The standard InChI is InChI=1S/C14H20N4S/c1-11-7-6-8-13(15-11)12(2)16-17-14(19)18-9-4-3-5-10-18/h6-8H,3-5,9-10H2,1-2H3,(H,17,19)/b16-12+. The first-order valence-electron chi connectivity index (χ1n) is 6.70. The molecule has 2 heterocycles. The number of pyridine rings is 1. The number of hydrazone groups is 1. The zero-order chi connectivity index (χ0) is 13.7. The van der Waals surface area contributed by atoms with Crippen molar-refractivity contribution in [2.24, 2.45) is 5.10 Å². The number of nitrogens with zero attached hydrogens (tertiary/aromatic N) is 3. The minimum Gasteiger partial charge on any atom is -0.348 e. The molecule has 102 valence electrons. The number of aromatic nitrogens is 1. The molecule has 1 saturated heterocycles. The van der Waals surface area contributed by atoms with E-state index in [4.69, 9.17) is 12.2 Å². The van der Waals surface area contributed by atoms with E-state index in [1.54, 1.807) is 0 Å². The zero-order valence-corrected chi connectivity index (χ0v) is 12.3. The maximum Gasteiger partial charge on any atom is 0.189 e. The van der Waals surface area contributed by atoms with E-state index in [0.717, 1.165) is 30.2 Å². The largest absolute Gasteiger partial charge is 0.348 e. The van der Waals surface area contributed by atoms with Crippen molar-refractivity contribution in [1.29, 1.82) is 0 Å². The fourth-order valence-electron chi connectivity index (χ4n) is 2.10. The van der Waals surface area contributed by atoms with Crippen LogP contribution in [-0.4, -0.2) is 33.8 Å². The molecule has 1 aromatic heterocycles. The fourth-order valence-corrected chi connectivity index (χ4v) is 2.33. The molecule has 1 fully saturated rings. The molecule has 1 aromatic rings. The molecular formula is C14H20N4S. The molecule has 0 atom stereocenters. The summed E-state index contributed by atoms with van der Waals surface area (Å²) in [5.41, 5.74) is 5.70. The number of piperidine rings is 1. The van der Waals surface area contributed by atoms with Gasteiger partial charge in [0.05, 0.1) is 11.4 Å². The molecule has 5 heteroatoms. The molecule has 19 heavy (non-hydrogen) atoms. The smallest absolute Gasteiger partial charge is 0.189 e. The summed E-state index contributed by atoms with van der Waals surface area (Å²) in [5.74, 6) is 0. The van der Waals surface area contributed by atoms with E-state index < -0.39 is 0 Å². The third-order valence-corrected chi connectivity index (χ3v) is 3.57. The van der Waals surface area contributed by atoms with Gasteiger partial charge in [0.1, 0.15) is 0 Å². The summed E-state index contributed by atoms with van der Waals surface area (Å²) in [4.78, 5) is 6.62. The van der Waals surface area contributed by atoms with Gasteiger partial charge in [0, 0.05) is 18.8 Å². The highest BCUT2D eigenvalue weighted by atomic mass is 32.1. The predicted molar refractivity (Wildman–Crippen MR) is 82.3 cm³/mol.